The second-order valence-electron chi connectivity index (χ2n) is 10.5. The highest BCUT2D eigenvalue weighted by atomic mass is 16.5. The van der Waals surface area contributed by atoms with Crippen molar-refractivity contribution in [1.82, 2.24) is 14.7 Å². The molecule has 1 unspecified atom stereocenters. The number of fused-ring (bicyclic) bond motifs is 2. The summed E-state index contributed by atoms with van der Waals surface area (Å²) in [4.78, 5) is 47.1. The average molecular weight is 472 g/mol. The summed E-state index contributed by atoms with van der Waals surface area (Å²) in [6.07, 6.45) is 14.1. The molecular formula is C26H37N3O5. The Bertz CT molecular complexity index is 912. The molecule has 8 nitrogen and oxygen atoms in total. The lowest BCUT2D eigenvalue weighted by atomic mass is 9.73. The largest absolute Gasteiger partial charge is 0.396 e. The maximum Gasteiger partial charge on any atom is 0.249 e. The van der Waals surface area contributed by atoms with E-state index in [1.54, 1.807) is 16.8 Å². The van der Waals surface area contributed by atoms with E-state index in [2.05, 4.69) is 0 Å². The Morgan fingerprint density at radius 2 is 1.74 bits per heavy atom. The minimum atomic E-state index is -1.19. The first-order valence-corrected chi connectivity index (χ1v) is 12.9. The van der Waals surface area contributed by atoms with E-state index in [1.807, 2.05) is 36.1 Å². The Hall–Kier alpha value is -2.19. The molecule has 5 aliphatic rings. The van der Waals surface area contributed by atoms with E-state index in [0.29, 0.717) is 25.9 Å². The maximum atomic E-state index is 14.2. The summed E-state index contributed by atoms with van der Waals surface area (Å²) in [6.45, 7) is 3.14. The number of ether oxygens (including phenoxy) is 1. The molecule has 4 aliphatic heterocycles. The molecule has 3 fully saturated rings. The quantitative estimate of drug-likeness (QED) is 0.614. The van der Waals surface area contributed by atoms with E-state index < -0.39 is 29.1 Å². The Kier molecular flexibility index (Phi) is 6.09. The summed E-state index contributed by atoms with van der Waals surface area (Å²) < 4.78 is 6.89. The number of nitrogens with zero attached hydrogens (tertiary/aromatic N) is 3. The molecule has 34 heavy (non-hydrogen) atoms. The van der Waals surface area contributed by atoms with E-state index in [-0.39, 0.29) is 36.9 Å². The minimum Gasteiger partial charge on any atom is -0.396 e. The van der Waals surface area contributed by atoms with Crippen molar-refractivity contribution in [1.29, 1.82) is 0 Å². The number of hydrogen-bond donors (Lipinski definition) is 1. The Labute approximate surface area is 201 Å². The van der Waals surface area contributed by atoms with E-state index in [1.165, 1.54) is 6.42 Å². The van der Waals surface area contributed by atoms with Crippen LogP contribution in [0.2, 0.25) is 0 Å². The van der Waals surface area contributed by atoms with Gasteiger partial charge in [-0.15, -0.1) is 0 Å². The highest BCUT2D eigenvalue weighted by Gasteiger charge is 2.75. The third-order valence-corrected chi connectivity index (χ3v) is 8.74. The topological polar surface area (TPSA) is 90.4 Å². The number of aliphatic hydroxyl groups is 1. The minimum absolute atomic E-state index is 0.0713. The van der Waals surface area contributed by atoms with Crippen LogP contribution in [0.3, 0.4) is 0 Å². The predicted octanol–water partition coefficient (Wildman–Crippen LogP) is 1.49. The van der Waals surface area contributed by atoms with Gasteiger partial charge in [0.2, 0.25) is 17.7 Å². The second-order valence-corrected chi connectivity index (χ2v) is 10.5. The fourth-order valence-electron chi connectivity index (χ4n) is 7.10. The summed E-state index contributed by atoms with van der Waals surface area (Å²) in [7, 11) is 1.75. The molecule has 5 rings (SSSR count). The summed E-state index contributed by atoms with van der Waals surface area (Å²) in [5, 5.41) is 9.52. The van der Waals surface area contributed by atoms with Crippen molar-refractivity contribution in [3.63, 3.8) is 0 Å². The monoisotopic (exact) mass is 471 g/mol. The molecule has 4 heterocycles. The fourth-order valence-corrected chi connectivity index (χ4v) is 7.10. The van der Waals surface area contributed by atoms with Gasteiger partial charge in [-0.3, -0.25) is 14.4 Å². The smallest absolute Gasteiger partial charge is 0.249 e. The second kappa shape index (κ2) is 8.79. The molecule has 0 aromatic carbocycles. The molecule has 1 aliphatic carbocycles. The lowest BCUT2D eigenvalue weighted by molar-refractivity contribution is -0.155. The van der Waals surface area contributed by atoms with Gasteiger partial charge in [-0.25, -0.2) is 0 Å². The van der Waals surface area contributed by atoms with Gasteiger partial charge in [-0.05, 0) is 25.7 Å². The first kappa shape index (κ1) is 23.5. The number of amides is 3. The first-order chi connectivity index (χ1) is 16.4. The van der Waals surface area contributed by atoms with Crippen molar-refractivity contribution in [3.05, 3.63) is 24.3 Å². The Morgan fingerprint density at radius 3 is 2.44 bits per heavy atom. The van der Waals surface area contributed by atoms with Crippen molar-refractivity contribution in [2.45, 2.75) is 75.2 Å². The summed E-state index contributed by atoms with van der Waals surface area (Å²) >= 11 is 0. The van der Waals surface area contributed by atoms with Crippen LogP contribution in [-0.4, -0.2) is 94.1 Å². The molecule has 1 spiro atoms. The van der Waals surface area contributed by atoms with Crippen LogP contribution in [-0.2, 0) is 19.1 Å². The third kappa shape index (κ3) is 3.28. The molecule has 5 atom stereocenters. The van der Waals surface area contributed by atoms with E-state index in [0.717, 1.165) is 25.7 Å². The molecule has 1 N–H and O–H groups in total. The summed E-state index contributed by atoms with van der Waals surface area (Å²) in [5.41, 5.74) is -2.11. The van der Waals surface area contributed by atoms with Crippen molar-refractivity contribution < 1.29 is 24.2 Å². The molecule has 2 saturated heterocycles. The molecule has 8 heteroatoms. The molecule has 1 saturated carbocycles. The molecule has 0 aromatic heterocycles. The van der Waals surface area contributed by atoms with Gasteiger partial charge in [-0.1, -0.05) is 50.5 Å². The molecule has 0 radical (unpaired) electrons. The van der Waals surface area contributed by atoms with Crippen molar-refractivity contribution in [2.24, 2.45) is 11.8 Å². The number of hydrogen-bond acceptors (Lipinski definition) is 5. The summed E-state index contributed by atoms with van der Waals surface area (Å²) in [5.74, 6) is -1.86. The molecule has 3 amide bonds. The Balaban J connectivity index is 1.62. The normalized spacial score (nSPS) is 38.1. The van der Waals surface area contributed by atoms with Gasteiger partial charge in [0.25, 0.3) is 0 Å². The van der Waals surface area contributed by atoms with E-state index >= 15 is 0 Å². The zero-order chi connectivity index (χ0) is 24.1. The number of carbonyl (C=O) groups is 3. The van der Waals surface area contributed by atoms with Gasteiger partial charge < -0.3 is 24.5 Å². The zero-order valence-electron chi connectivity index (χ0n) is 20.3. The van der Waals surface area contributed by atoms with Gasteiger partial charge in [0, 0.05) is 39.3 Å². The number of aliphatic hydroxyl groups excluding tert-OH is 1. The number of likely N-dealkylation sites (N-methyl/N-ethyl adjacent to an activating group) is 1. The van der Waals surface area contributed by atoms with Crippen molar-refractivity contribution in [2.75, 3.05) is 33.3 Å². The van der Waals surface area contributed by atoms with Crippen LogP contribution in [0.5, 0.6) is 0 Å². The zero-order valence-corrected chi connectivity index (χ0v) is 20.3. The lowest BCUT2D eigenvalue weighted by Crippen LogP contribution is -2.58. The van der Waals surface area contributed by atoms with Gasteiger partial charge in [0.15, 0.2) is 0 Å². The number of likely N-dealkylation sites (tertiary alicyclic amines) is 1. The third-order valence-electron chi connectivity index (χ3n) is 8.74. The molecular weight excluding hydrogens is 434 g/mol. The fraction of sp³-hybridized carbons (Fsp3) is 0.731. The van der Waals surface area contributed by atoms with Crippen molar-refractivity contribution in [3.8, 4) is 0 Å². The van der Waals surface area contributed by atoms with Gasteiger partial charge >= 0.3 is 0 Å². The summed E-state index contributed by atoms with van der Waals surface area (Å²) in [6, 6.07) is -0.659. The standard InChI is InChI=1S/C26H37N3O5/c1-3-25-12-7-14-27(2)22(31)19(25)20-23(32)29(16-9-17-30)21-24(33)28(18-10-5-4-6-11-18)15-8-13-26(20,21)34-25/h7-8,12-13,18-21,30H,3-6,9-11,14-17H2,1-2H3/t19-,20-,21?,25+,26-/m0/s1. The van der Waals surface area contributed by atoms with Crippen molar-refractivity contribution >= 4 is 17.7 Å². The molecule has 0 aromatic rings. The highest BCUT2D eigenvalue weighted by Crippen LogP contribution is 2.58. The van der Waals surface area contributed by atoms with E-state index in [9.17, 15) is 19.5 Å². The highest BCUT2D eigenvalue weighted by molar-refractivity contribution is 6.00. The lowest BCUT2D eigenvalue weighted by Gasteiger charge is -2.40. The maximum absolute atomic E-state index is 14.2. The molecule has 0 bridgehead atoms. The van der Waals surface area contributed by atoms with Gasteiger partial charge in [-0.2, -0.15) is 0 Å². The van der Waals surface area contributed by atoms with Crippen LogP contribution in [0, 0.1) is 11.8 Å². The van der Waals surface area contributed by atoms with Crippen LogP contribution < -0.4 is 0 Å². The molecule has 186 valence electrons. The van der Waals surface area contributed by atoms with Gasteiger partial charge in [0.05, 0.1) is 17.4 Å². The van der Waals surface area contributed by atoms with Crippen LogP contribution >= 0.6 is 0 Å². The van der Waals surface area contributed by atoms with Crippen LogP contribution in [0.4, 0.5) is 0 Å². The predicted molar refractivity (Wildman–Crippen MR) is 126 cm³/mol. The Morgan fingerprint density at radius 1 is 1.00 bits per heavy atom. The first-order valence-electron chi connectivity index (χ1n) is 12.9. The van der Waals surface area contributed by atoms with E-state index in [4.69, 9.17) is 4.74 Å². The van der Waals surface area contributed by atoms with Crippen LogP contribution in [0.25, 0.3) is 0 Å². The number of rotatable bonds is 5. The van der Waals surface area contributed by atoms with Gasteiger partial charge in [0.1, 0.15) is 11.6 Å². The average Bonchev–Trinajstić information content (AvgIpc) is 3.14. The van der Waals surface area contributed by atoms with Crippen LogP contribution in [0.15, 0.2) is 24.3 Å². The van der Waals surface area contributed by atoms with Crippen LogP contribution in [0.1, 0.15) is 51.9 Å². The number of carbonyl (C=O) groups excluding carboxylic acids is 3. The SMILES string of the molecule is CC[C@@]12C=CCN(C)C(=O)[C@@H]1[C@H]1C(=O)N(CCCO)C3C(=O)N(C4CCCCC4)CC=C[C@@]31O2.